The third-order valence-electron chi connectivity index (χ3n) is 3.55. The first-order valence-electron chi connectivity index (χ1n) is 6.69. The van der Waals surface area contributed by atoms with Gasteiger partial charge in [-0.15, -0.1) is 0 Å². The minimum Gasteiger partial charge on any atom is -0.468 e. The maximum Gasteiger partial charge on any atom is 0.300 e. The topological polar surface area (TPSA) is 146 Å². The first-order chi connectivity index (χ1) is 10.8. The molecule has 11 heteroatoms. The van der Waals surface area contributed by atoms with Crippen LogP contribution in [-0.4, -0.2) is 74.3 Å². The second-order valence-electron chi connectivity index (χ2n) is 5.02. The standard InChI is InChI=1S/C12H18IN3O7/c1-16-11(21)5(13)9(15-12(16)22-2)14-10-8(20)7(19)6(18)4(3-17)23-10/h4,6-8,10,14,17-20H,3H2,1-2H3/t4-,6+,7+,8-,10-/m0/s1. The first-order valence-corrected chi connectivity index (χ1v) is 7.77. The molecular formula is C12H18IN3O7. The molecule has 1 aromatic heterocycles. The van der Waals surface area contributed by atoms with Crippen molar-refractivity contribution in [1.29, 1.82) is 0 Å². The number of hydrogen-bond donors (Lipinski definition) is 5. The Balaban J connectivity index is 2.31. The highest BCUT2D eigenvalue weighted by Gasteiger charge is 2.43. The average Bonchev–Trinajstić information content (AvgIpc) is 2.55. The summed E-state index contributed by atoms with van der Waals surface area (Å²) in [5, 5.41) is 41.4. The van der Waals surface area contributed by atoms with Gasteiger partial charge < -0.3 is 35.2 Å². The molecule has 2 heterocycles. The van der Waals surface area contributed by atoms with Crippen molar-refractivity contribution in [2.45, 2.75) is 30.6 Å². The molecule has 2 rings (SSSR count). The van der Waals surface area contributed by atoms with Crippen molar-refractivity contribution in [2.75, 3.05) is 19.0 Å². The molecule has 1 fully saturated rings. The molecule has 1 aromatic rings. The lowest BCUT2D eigenvalue weighted by Crippen LogP contribution is -2.60. The van der Waals surface area contributed by atoms with Crippen LogP contribution in [0.3, 0.4) is 0 Å². The van der Waals surface area contributed by atoms with Crippen molar-refractivity contribution in [3.05, 3.63) is 13.9 Å². The van der Waals surface area contributed by atoms with Crippen LogP contribution in [0.15, 0.2) is 4.79 Å². The van der Waals surface area contributed by atoms with E-state index in [4.69, 9.17) is 9.47 Å². The van der Waals surface area contributed by atoms with E-state index in [1.54, 1.807) is 22.6 Å². The van der Waals surface area contributed by atoms with Crippen LogP contribution < -0.4 is 15.6 Å². The molecule has 1 aliphatic heterocycles. The number of ether oxygens (including phenoxy) is 2. The summed E-state index contributed by atoms with van der Waals surface area (Å²) in [4.78, 5) is 16.2. The summed E-state index contributed by atoms with van der Waals surface area (Å²) in [5.41, 5.74) is -0.371. The molecule has 0 spiro atoms. The molecule has 0 amide bonds. The summed E-state index contributed by atoms with van der Waals surface area (Å²) in [6, 6.07) is 0.0440. The number of hydrogen-bond acceptors (Lipinski definition) is 9. The Hall–Kier alpha value is -0.990. The zero-order valence-corrected chi connectivity index (χ0v) is 14.5. The fourth-order valence-corrected chi connectivity index (χ4v) is 2.83. The molecule has 1 aliphatic rings. The van der Waals surface area contributed by atoms with Gasteiger partial charge >= 0.3 is 6.01 Å². The van der Waals surface area contributed by atoms with Gasteiger partial charge in [0.2, 0.25) is 0 Å². The number of anilines is 1. The fourth-order valence-electron chi connectivity index (χ4n) is 2.19. The van der Waals surface area contributed by atoms with Crippen LogP contribution in [-0.2, 0) is 11.8 Å². The number of halogens is 1. The molecule has 5 atom stereocenters. The Morgan fingerprint density at radius 1 is 1.35 bits per heavy atom. The first kappa shape index (κ1) is 18.4. The van der Waals surface area contributed by atoms with Gasteiger partial charge in [0.25, 0.3) is 5.56 Å². The second-order valence-corrected chi connectivity index (χ2v) is 6.10. The summed E-state index contributed by atoms with van der Waals surface area (Å²) in [6.07, 6.45) is -6.71. The molecule has 130 valence electrons. The van der Waals surface area contributed by atoms with Gasteiger partial charge in [0.15, 0.2) is 12.0 Å². The van der Waals surface area contributed by atoms with Crippen LogP contribution in [0.1, 0.15) is 0 Å². The number of methoxy groups -OCH3 is 1. The van der Waals surface area contributed by atoms with Gasteiger partial charge in [-0.2, -0.15) is 4.98 Å². The van der Waals surface area contributed by atoms with E-state index in [0.717, 1.165) is 0 Å². The lowest BCUT2D eigenvalue weighted by Gasteiger charge is -2.40. The van der Waals surface area contributed by atoms with E-state index in [9.17, 15) is 25.2 Å². The zero-order valence-electron chi connectivity index (χ0n) is 12.4. The highest BCUT2D eigenvalue weighted by molar-refractivity contribution is 14.1. The van der Waals surface area contributed by atoms with E-state index >= 15 is 0 Å². The van der Waals surface area contributed by atoms with Crippen LogP contribution in [0.5, 0.6) is 6.01 Å². The molecule has 23 heavy (non-hydrogen) atoms. The van der Waals surface area contributed by atoms with Gasteiger partial charge in [-0.1, -0.05) is 0 Å². The minimum atomic E-state index is -1.52. The number of rotatable bonds is 4. The lowest BCUT2D eigenvalue weighted by molar-refractivity contribution is -0.221. The highest BCUT2D eigenvalue weighted by atomic mass is 127. The van der Waals surface area contributed by atoms with Crippen LogP contribution in [0, 0.1) is 3.57 Å². The molecule has 0 aromatic carbocycles. The number of aromatic nitrogens is 2. The van der Waals surface area contributed by atoms with Crippen molar-refractivity contribution >= 4 is 28.4 Å². The molecule has 0 unspecified atom stereocenters. The summed E-state index contributed by atoms with van der Waals surface area (Å²) in [7, 11) is 2.85. The van der Waals surface area contributed by atoms with Crippen LogP contribution in [0.4, 0.5) is 5.82 Å². The minimum absolute atomic E-state index is 0.0440. The van der Waals surface area contributed by atoms with E-state index in [1.165, 1.54) is 18.7 Å². The number of nitrogens with zero attached hydrogens (tertiary/aromatic N) is 2. The molecule has 10 nitrogen and oxygen atoms in total. The Kier molecular flexibility index (Phi) is 5.80. The second kappa shape index (κ2) is 7.27. The highest BCUT2D eigenvalue weighted by Crippen LogP contribution is 2.24. The smallest absolute Gasteiger partial charge is 0.300 e. The van der Waals surface area contributed by atoms with E-state index < -0.39 is 37.3 Å². The van der Waals surface area contributed by atoms with Gasteiger partial charge in [-0.05, 0) is 22.6 Å². The Morgan fingerprint density at radius 2 is 2.00 bits per heavy atom. The van der Waals surface area contributed by atoms with E-state index in [-0.39, 0.29) is 21.0 Å². The number of nitrogens with one attached hydrogen (secondary N) is 1. The van der Waals surface area contributed by atoms with E-state index in [0.29, 0.717) is 0 Å². The molecule has 0 bridgehead atoms. The van der Waals surface area contributed by atoms with Crippen LogP contribution in [0.2, 0.25) is 0 Å². The Labute approximate surface area is 144 Å². The SMILES string of the molecule is COc1nc(N[C@H]2O[C@@H](CO)[C@@H](O)[C@@H](O)[C@@H]2O)c(I)c(=O)n1C. The fraction of sp³-hybridized carbons (Fsp3) is 0.667. The Morgan fingerprint density at radius 3 is 2.57 bits per heavy atom. The van der Waals surface area contributed by atoms with Crippen LogP contribution in [0.25, 0.3) is 0 Å². The zero-order chi connectivity index (χ0) is 17.3. The molecular weight excluding hydrogens is 425 g/mol. The number of aliphatic hydroxyl groups is 4. The maximum absolute atomic E-state index is 12.1. The van der Waals surface area contributed by atoms with Gasteiger partial charge in [0, 0.05) is 7.05 Å². The van der Waals surface area contributed by atoms with Gasteiger partial charge in [0.05, 0.1) is 13.7 Å². The summed E-state index contributed by atoms with van der Waals surface area (Å²) in [6.45, 7) is -0.548. The average molecular weight is 443 g/mol. The van der Waals surface area contributed by atoms with E-state index in [1.807, 2.05) is 0 Å². The van der Waals surface area contributed by atoms with Crippen molar-refractivity contribution < 1.29 is 29.9 Å². The van der Waals surface area contributed by atoms with Crippen molar-refractivity contribution in [3.63, 3.8) is 0 Å². The largest absolute Gasteiger partial charge is 0.468 e. The normalized spacial score (nSPS) is 31.0. The van der Waals surface area contributed by atoms with Gasteiger partial charge in [0.1, 0.15) is 28.0 Å². The third-order valence-corrected chi connectivity index (χ3v) is 4.52. The van der Waals surface area contributed by atoms with Crippen molar-refractivity contribution in [2.24, 2.45) is 7.05 Å². The predicted octanol–water partition coefficient (Wildman–Crippen LogP) is -2.39. The predicted molar refractivity (Wildman–Crippen MR) is 86.1 cm³/mol. The lowest BCUT2D eigenvalue weighted by atomic mass is 9.98. The van der Waals surface area contributed by atoms with Crippen molar-refractivity contribution in [1.82, 2.24) is 9.55 Å². The monoisotopic (exact) mass is 443 g/mol. The number of aliphatic hydroxyl groups excluding tert-OH is 4. The summed E-state index contributed by atoms with van der Waals surface area (Å²) < 4.78 is 11.7. The molecule has 0 saturated carbocycles. The molecule has 0 radical (unpaired) electrons. The maximum atomic E-state index is 12.1. The third kappa shape index (κ3) is 3.44. The van der Waals surface area contributed by atoms with Crippen LogP contribution >= 0.6 is 22.6 Å². The quantitative estimate of drug-likeness (QED) is 0.322. The van der Waals surface area contributed by atoms with Gasteiger partial charge in [-0.3, -0.25) is 9.36 Å². The van der Waals surface area contributed by atoms with Crippen molar-refractivity contribution in [3.8, 4) is 6.01 Å². The van der Waals surface area contributed by atoms with Gasteiger partial charge in [-0.25, -0.2) is 0 Å². The molecule has 1 saturated heterocycles. The van der Waals surface area contributed by atoms with E-state index in [2.05, 4.69) is 10.3 Å². The summed E-state index contributed by atoms with van der Waals surface area (Å²) in [5.74, 6) is 0.0925. The molecule has 0 aliphatic carbocycles. The summed E-state index contributed by atoms with van der Waals surface area (Å²) >= 11 is 1.78. The molecule has 5 N–H and O–H groups in total. The Bertz CT molecular complexity index is 623.